The zero-order valence-electron chi connectivity index (χ0n) is 13.5. The molecule has 1 heterocycles. The van der Waals surface area contributed by atoms with Crippen molar-refractivity contribution in [2.45, 2.75) is 6.61 Å². The zero-order chi connectivity index (χ0) is 19.6. The lowest BCUT2D eigenvalue weighted by atomic mass is 10.1. The van der Waals surface area contributed by atoms with Crippen LogP contribution >= 0.6 is 47.0 Å². The van der Waals surface area contributed by atoms with Crippen LogP contribution in [0, 0.1) is 0 Å². The molecule has 0 aliphatic carbocycles. The van der Waals surface area contributed by atoms with E-state index in [1.807, 2.05) is 0 Å². The molecule has 2 N–H and O–H groups in total. The number of nitrogens with one attached hydrogen (secondary N) is 2. The van der Waals surface area contributed by atoms with E-state index in [4.69, 9.17) is 51.8 Å². The van der Waals surface area contributed by atoms with Crippen LogP contribution in [0.3, 0.4) is 0 Å². The van der Waals surface area contributed by atoms with Crippen molar-refractivity contribution in [3.8, 4) is 5.75 Å². The lowest BCUT2D eigenvalue weighted by Crippen LogP contribution is -2.51. The SMILES string of the molecule is O=C1NC(=S)NC(=O)C1=Cc1ccc(OCc2ccc(Cl)cc2Cl)c(Cl)c1. The van der Waals surface area contributed by atoms with Gasteiger partial charge in [0.15, 0.2) is 5.11 Å². The van der Waals surface area contributed by atoms with Crippen molar-refractivity contribution in [3.63, 3.8) is 0 Å². The van der Waals surface area contributed by atoms with Gasteiger partial charge in [0.2, 0.25) is 0 Å². The van der Waals surface area contributed by atoms with Gasteiger partial charge in [0.25, 0.3) is 11.8 Å². The summed E-state index contributed by atoms with van der Waals surface area (Å²) >= 11 is 23.0. The van der Waals surface area contributed by atoms with Crippen LogP contribution in [0.25, 0.3) is 6.08 Å². The van der Waals surface area contributed by atoms with Crippen LogP contribution in [0.15, 0.2) is 42.0 Å². The first kappa shape index (κ1) is 19.6. The molecule has 5 nitrogen and oxygen atoms in total. The standard InChI is InChI=1S/C18H11Cl3N2O3S/c19-11-3-2-10(13(20)7-11)8-26-15-4-1-9(6-14(15)21)5-12-16(24)22-18(27)23-17(12)25/h1-7H,8H2,(H2,22,23,24,25,27). The fourth-order valence-corrected chi connectivity index (χ4v) is 3.18. The molecule has 0 unspecified atom stereocenters. The van der Waals surface area contributed by atoms with Gasteiger partial charge in [-0.3, -0.25) is 20.2 Å². The van der Waals surface area contributed by atoms with E-state index in [-0.39, 0.29) is 17.3 Å². The van der Waals surface area contributed by atoms with Gasteiger partial charge in [0, 0.05) is 15.6 Å². The fraction of sp³-hybridized carbons (Fsp3) is 0.0556. The van der Waals surface area contributed by atoms with Gasteiger partial charge >= 0.3 is 0 Å². The highest BCUT2D eigenvalue weighted by molar-refractivity contribution is 7.80. The number of amides is 2. The van der Waals surface area contributed by atoms with Gasteiger partial charge < -0.3 is 4.74 Å². The topological polar surface area (TPSA) is 67.4 Å². The third kappa shape index (κ3) is 4.78. The Bertz CT molecular complexity index is 970. The molecule has 2 aromatic rings. The molecule has 1 saturated heterocycles. The van der Waals surface area contributed by atoms with E-state index in [1.54, 1.807) is 36.4 Å². The molecule has 138 valence electrons. The molecule has 0 bridgehead atoms. The average Bonchev–Trinajstić information content (AvgIpc) is 2.58. The summed E-state index contributed by atoms with van der Waals surface area (Å²) < 4.78 is 5.69. The highest BCUT2D eigenvalue weighted by Crippen LogP contribution is 2.29. The summed E-state index contributed by atoms with van der Waals surface area (Å²) in [5.74, 6) is -0.710. The number of rotatable bonds is 4. The van der Waals surface area contributed by atoms with Crippen LogP contribution in [-0.4, -0.2) is 16.9 Å². The molecule has 0 atom stereocenters. The molecule has 1 aliphatic rings. The predicted octanol–water partition coefficient (Wildman–Crippen LogP) is 4.14. The fourth-order valence-electron chi connectivity index (χ4n) is 2.29. The van der Waals surface area contributed by atoms with E-state index in [9.17, 15) is 9.59 Å². The molecule has 0 saturated carbocycles. The lowest BCUT2D eigenvalue weighted by molar-refractivity contribution is -0.123. The summed E-state index contributed by atoms with van der Waals surface area (Å²) in [4.78, 5) is 23.8. The molecule has 27 heavy (non-hydrogen) atoms. The number of thiocarbonyl (C=S) groups is 1. The lowest BCUT2D eigenvalue weighted by Gasteiger charge is -2.16. The minimum atomic E-state index is -0.572. The molecule has 1 fully saturated rings. The molecule has 9 heteroatoms. The zero-order valence-corrected chi connectivity index (χ0v) is 16.6. The Hall–Kier alpha value is -2.12. The van der Waals surface area contributed by atoms with Crippen molar-refractivity contribution < 1.29 is 14.3 Å². The number of hydrogen-bond acceptors (Lipinski definition) is 4. The maximum absolute atomic E-state index is 11.9. The average molecular weight is 442 g/mol. The normalized spacial score (nSPS) is 13.9. The molecular weight excluding hydrogens is 431 g/mol. The second-order valence-corrected chi connectivity index (χ2v) is 7.17. The summed E-state index contributed by atoms with van der Waals surface area (Å²) in [6, 6.07) is 10.0. The van der Waals surface area contributed by atoms with E-state index in [0.29, 0.717) is 26.4 Å². The van der Waals surface area contributed by atoms with Crippen LogP contribution in [0.5, 0.6) is 5.75 Å². The van der Waals surface area contributed by atoms with Crippen molar-refractivity contribution in [1.82, 2.24) is 10.6 Å². The molecule has 0 spiro atoms. The second-order valence-electron chi connectivity index (χ2n) is 5.51. The minimum absolute atomic E-state index is 0.0233. The Kier molecular flexibility index (Phi) is 6.01. The van der Waals surface area contributed by atoms with Crippen LogP contribution in [0.4, 0.5) is 0 Å². The molecule has 0 aromatic heterocycles. The summed E-state index contributed by atoms with van der Waals surface area (Å²) in [5.41, 5.74) is 1.25. The summed E-state index contributed by atoms with van der Waals surface area (Å²) in [5, 5.41) is 6.06. The number of ether oxygens (including phenoxy) is 1. The molecule has 1 aliphatic heterocycles. The van der Waals surface area contributed by atoms with E-state index >= 15 is 0 Å². The van der Waals surface area contributed by atoms with Crippen LogP contribution in [-0.2, 0) is 16.2 Å². The first-order chi connectivity index (χ1) is 12.8. The second kappa shape index (κ2) is 8.27. The number of carbonyl (C=O) groups is 2. The van der Waals surface area contributed by atoms with Crippen LogP contribution in [0.2, 0.25) is 15.1 Å². The van der Waals surface area contributed by atoms with Gasteiger partial charge in [-0.05, 0) is 48.1 Å². The van der Waals surface area contributed by atoms with Crippen molar-refractivity contribution in [3.05, 3.63) is 68.2 Å². The van der Waals surface area contributed by atoms with Gasteiger partial charge in [0.05, 0.1) is 5.02 Å². The highest BCUT2D eigenvalue weighted by Gasteiger charge is 2.25. The Morgan fingerprint density at radius 3 is 2.30 bits per heavy atom. The number of benzene rings is 2. The number of hydrogen-bond donors (Lipinski definition) is 2. The van der Waals surface area contributed by atoms with Gasteiger partial charge in [0.1, 0.15) is 17.9 Å². The van der Waals surface area contributed by atoms with Crippen LogP contribution < -0.4 is 15.4 Å². The van der Waals surface area contributed by atoms with Gasteiger partial charge in [-0.15, -0.1) is 0 Å². The first-order valence-corrected chi connectivity index (χ1v) is 9.12. The van der Waals surface area contributed by atoms with Crippen molar-refractivity contribution in [1.29, 1.82) is 0 Å². The van der Waals surface area contributed by atoms with Crippen LogP contribution in [0.1, 0.15) is 11.1 Å². The quantitative estimate of drug-likeness (QED) is 0.425. The third-order valence-corrected chi connectivity index (χ3v) is 4.70. The molecular formula is C18H11Cl3N2O3S. The molecule has 3 rings (SSSR count). The molecule has 2 aromatic carbocycles. The number of carbonyl (C=O) groups excluding carboxylic acids is 2. The van der Waals surface area contributed by atoms with Crippen molar-refractivity contribution in [2.75, 3.05) is 0 Å². The maximum Gasteiger partial charge on any atom is 0.263 e. The molecule has 2 amide bonds. The third-order valence-electron chi connectivity index (χ3n) is 3.61. The summed E-state index contributed by atoms with van der Waals surface area (Å²) in [6.45, 7) is 0.207. The summed E-state index contributed by atoms with van der Waals surface area (Å²) in [6.07, 6.45) is 1.41. The van der Waals surface area contributed by atoms with Crippen molar-refractivity contribution >= 4 is 70.0 Å². The monoisotopic (exact) mass is 440 g/mol. The minimum Gasteiger partial charge on any atom is -0.487 e. The Morgan fingerprint density at radius 1 is 0.963 bits per heavy atom. The van der Waals surface area contributed by atoms with E-state index in [1.165, 1.54) is 6.08 Å². The molecule has 0 radical (unpaired) electrons. The first-order valence-electron chi connectivity index (χ1n) is 7.58. The van der Waals surface area contributed by atoms with Gasteiger partial charge in [-0.1, -0.05) is 46.9 Å². The van der Waals surface area contributed by atoms with E-state index in [0.717, 1.165) is 5.56 Å². The van der Waals surface area contributed by atoms with Crippen molar-refractivity contribution in [2.24, 2.45) is 0 Å². The highest BCUT2D eigenvalue weighted by atomic mass is 35.5. The Morgan fingerprint density at radius 2 is 1.67 bits per heavy atom. The van der Waals surface area contributed by atoms with E-state index in [2.05, 4.69) is 10.6 Å². The Labute approximate surface area is 175 Å². The maximum atomic E-state index is 11.9. The smallest absolute Gasteiger partial charge is 0.263 e. The Balaban J connectivity index is 1.76. The van der Waals surface area contributed by atoms with Gasteiger partial charge in [-0.25, -0.2) is 0 Å². The summed E-state index contributed by atoms with van der Waals surface area (Å²) in [7, 11) is 0. The largest absolute Gasteiger partial charge is 0.487 e. The number of halogens is 3. The van der Waals surface area contributed by atoms with Gasteiger partial charge in [-0.2, -0.15) is 0 Å². The van der Waals surface area contributed by atoms with E-state index < -0.39 is 11.8 Å². The predicted molar refractivity (Wildman–Crippen MR) is 109 cm³/mol.